The summed E-state index contributed by atoms with van der Waals surface area (Å²) in [6, 6.07) is 2.38. The molecule has 0 radical (unpaired) electrons. The van der Waals surface area contributed by atoms with Gasteiger partial charge in [0.15, 0.2) is 0 Å². The molecule has 3 rings (SSSR count). The maximum atomic E-state index is 8.85. The Balaban J connectivity index is 1.86. The Morgan fingerprint density at radius 2 is 2.14 bits per heavy atom. The molecule has 0 unspecified atom stereocenters. The molecule has 0 atom stereocenters. The maximum Gasteiger partial charge on any atom is 0.0690 e. The third kappa shape index (κ3) is 1.25. The van der Waals surface area contributed by atoms with E-state index in [4.69, 9.17) is 16.8 Å². The summed E-state index contributed by atoms with van der Waals surface area (Å²) in [5, 5.41) is 10.5. The molecule has 3 saturated carbocycles. The average molecular weight is 192 g/mol. The highest BCUT2D eigenvalue weighted by molar-refractivity contribution is 5.26. The molecular formula is C10H16N4. The molecular weight excluding hydrogens is 176 g/mol. The summed E-state index contributed by atoms with van der Waals surface area (Å²) in [4.78, 5) is 0. The van der Waals surface area contributed by atoms with E-state index < -0.39 is 0 Å². The first-order valence-electron chi connectivity index (χ1n) is 4.86. The molecule has 4 heteroatoms. The lowest BCUT2D eigenvalue weighted by atomic mass is 9.35. The van der Waals surface area contributed by atoms with Crippen molar-refractivity contribution in [2.75, 3.05) is 6.54 Å². The molecule has 76 valence electrons. The van der Waals surface area contributed by atoms with E-state index in [-0.39, 0.29) is 5.41 Å². The molecule has 4 nitrogen and oxygen atoms in total. The summed E-state index contributed by atoms with van der Waals surface area (Å²) in [7, 11) is 0. The van der Waals surface area contributed by atoms with Gasteiger partial charge in [-0.1, -0.05) is 0 Å². The van der Waals surface area contributed by atoms with Gasteiger partial charge < -0.3 is 10.7 Å². The zero-order valence-corrected chi connectivity index (χ0v) is 8.45. The lowest BCUT2D eigenvalue weighted by Crippen LogP contribution is -2.65. The van der Waals surface area contributed by atoms with E-state index in [0.717, 1.165) is 25.8 Å². The van der Waals surface area contributed by atoms with Crippen molar-refractivity contribution in [3.8, 4) is 6.07 Å². The van der Waals surface area contributed by atoms with Crippen LogP contribution in [0.5, 0.6) is 0 Å². The Morgan fingerprint density at radius 1 is 1.57 bits per heavy atom. The molecule has 0 heterocycles. The quantitative estimate of drug-likeness (QED) is 0.509. The Bertz CT molecular complexity index is 302. The van der Waals surface area contributed by atoms with E-state index >= 15 is 0 Å². The number of rotatable bonds is 3. The number of hydrogen-bond donors (Lipinski definition) is 2. The van der Waals surface area contributed by atoms with E-state index in [2.05, 4.69) is 6.07 Å². The van der Waals surface area contributed by atoms with Crippen LogP contribution < -0.4 is 11.6 Å². The minimum absolute atomic E-state index is 0.0162. The van der Waals surface area contributed by atoms with Gasteiger partial charge in [-0.05, 0) is 31.6 Å². The van der Waals surface area contributed by atoms with E-state index in [0.29, 0.717) is 11.1 Å². The van der Waals surface area contributed by atoms with Crippen molar-refractivity contribution >= 4 is 0 Å². The van der Waals surface area contributed by atoms with Gasteiger partial charge in [-0.2, -0.15) is 5.26 Å². The summed E-state index contributed by atoms with van der Waals surface area (Å²) >= 11 is 0. The van der Waals surface area contributed by atoms with Gasteiger partial charge in [0.05, 0.1) is 11.5 Å². The second-order valence-electron chi connectivity index (χ2n) is 4.97. The SMILES string of the molecule is C/C(N)=C/N(N)CC12CC(C#N)(C1)C2. The highest BCUT2D eigenvalue weighted by atomic mass is 15.4. The monoisotopic (exact) mass is 192 g/mol. The summed E-state index contributed by atoms with van der Waals surface area (Å²) in [5.74, 6) is 5.77. The van der Waals surface area contributed by atoms with Gasteiger partial charge in [-0.25, -0.2) is 5.84 Å². The number of hydrogen-bond acceptors (Lipinski definition) is 4. The van der Waals surface area contributed by atoms with Crippen LogP contribution in [0.1, 0.15) is 26.2 Å². The van der Waals surface area contributed by atoms with E-state index in [1.165, 1.54) is 0 Å². The summed E-state index contributed by atoms with van der Waals surface area (Å²) in [5.41, 5.74) is 6.57. The minimum Gasteiger partial charge on any atom is -0.401 e. The molecule has 0 amide bonds. The van der Waals surface area contributed by atoms with Gasteiger partial charge in [-0.3, -0.25) is 0 Å². The fourth-order valence-electron chi connectivity index (χ4n) is 2.98. The van der Waals surface area contributed by atoms with Crippen LogP contribution in [0.4, 0.5) is 0 Å². The molecule has 14 heavy (non-hydrogen) atoms. The van der Waals surface area contributed by atoms with Crippen molar-refractivity contribution in [2.24, 2.45) is 22.4 Å². The van der Waals surface area contributed by atoms with Crippen molar-refractivity contribution in [1.82, 2.24) is 5.01 Å². The highest BCUT2D eigenvalue weighted by Gasteiger charge is 2.68. The topological polar surface area (TPSA) is 79.1 Å². The van der Waals surface area contributed by atoms with Crippen LogP contribution in [0.25, 0.3) is 0 Å². The Morgan fingerprint density at radius 3 is 2.57 bits per heavy atom. The first-order valence-corrected chi connectivity index (χ1v) is 4.86. The van der Waals surface area contributed by atoms with Gasteiger partial charge in [0, 0.05) is 18.4 Å². The Labute approximate surface area is 84.1 Å². The van der Waals surface area contributed by atoms with Crippen molar-refractivity contribution in [2.45, 2.75) is 26.2 Å². The van der Waals surface area contributed by atoms with Gasteiger partial charge in [0.2, 0.25) is 0 Å². The van der Waals surface area contributed by atoms with Gasteiger partial charge in [0.25, 0.3) is 0 Å². The summed E-state index contributed by atoms with van der Waals surface area (Å²) < 4.78 is 0. The molecule has 4 N–H and O–H groups in total. The molecule has 2 bridgehead atoms. The van der Waals surface area contributed by atoms with Crippen LogP contribution in [0.2, 0.25) is 0 Å². The fourth-order valence-corrected chi connectivity index (χ4v) is 2.98. The molecule has 0 aromatic heterocycles. The zero-order valence-electron chi connectivity index (χ0n) is 8.45. The first-order chi connectivity index (χ1) is 6.49. The maximum absolute atomic E-state index is 8.85. The fraction of sp³-hybridized carbons (Fsp3) is 0.700. The van der Waals surface area contributed by atoms with Crippen LogP contribution in [-0.2, 0) is 0 Å². The second-order valence-corrected chi connectivity index (χ2v) is 4.97. The molecule has 0 aromatic carbocycles. The summed E-state index contributed by atoms with van der Waals surface area (Å²) in [6.45, 7) is 2.64. The molecule has 0 saturated heterocycles. The molecule has 3 aliphatic carbocycles. The van der Waals surface area contributed by atoms with Crippen LogP contribution in [0.15, 0.2) is 11.9 Å². The van der Waals surface area contributed by atoms with E-state index in [9.17, 15) is 0 Å². The predicted octanol–water partition coefficient (Wildman–Crippen LogP) is 0.676. The molecule has 3 fully saturated rings. The number of nitriles is 1. The molecule has 0 spiro atoms. The van der Waals surface area contributed by atoms with E-state index in [1.807, 2.05) is 6.92 Å². The largest absolute Gasteiger partial charge is 0.401 e. The third-order valence-electron chi connectivity index (χ3n) is 3.26. The normalized spacial score (nSPS) is 39.4. The van der Waals surface area contributed by atoms with Crippen molar-refractivity contribution in [3.63, 3.8) is 0 Å². The second kappa shape index (κ2) is 2.64. The smallest absolute Gasteiger partial charge is 0.0690 e. The number of hydrazine groups is 1. The highest BCUT2D eigenvalue weighted by Crippen LogP contribution is 2.72. The number of allylic oxidation sites excluding steroid dienone is 1. The zero-order chi connectivity index (χ0) is 10.4. The van der Waals surface area contributed by atoms with Crippen molar-refractivity contribution in [1.29, 1.82) is 5.26 Å². The minimum atomic E-state index is 0.0162. The Hall–Kier alpha value is -1.21. The number of nitrogens with zero attached hydrogens (tertiary/aromatic N) is 2. The molecule has 0 aliphatic heterocycles. The van der Waals surface area contributed by atoms with Gasteiger partial charge in [-0.15, -0.1) is 0 Å². The van der Waals surface area contributed by atoms with E-state index in [1.54, 1.807) is 11.2 Å². The first kappa shape index (κ1) is 9.35. The standard InChI is InChI=1S/C10H16N4/c1-8(12)2-14(13)7-10-3-9(4-10,5-10)6-11/h2H,3-5,7,12-13H2,1H3/b8-2-. The van der Waals surface area contributed by atoms with Gasteiger partial charge >= 0.3 is 0 Å². The van der Waals surface area contributed by atoms with Crippen LogP contribution in [-0.4, -0.2) is 11.6 Å². The van der Waals surface area contributed by atoms with Crippen LogP contribution in [0, 0.1) is 22.2 Å². The van der Waals surface area contributed by atoms with Crippen molar-refractivity contribution < 1.29 is 0 Å². The van der Waals surface area contributed by atoms with Gasteiger partial charge in [0.1, 0.15) is 0 Å². The molecule has 0 aromatic rings. The van der Waals surface area contributed by atoms with Crippen LogP contribution in [0.3, 0.4) is 0 Å². The Kier molecular flexibility index (Phi) is 1.76. The molecule has 3 aliphatic rings. The third-order valence-corrected chi connectivity index (χ3v) is 3.26. The van der Waals surface area contributed by atoms with Crippen LogP contribution >= 0.6 is 0 Å². The van der Waals surface area contributed by atoms with Crippen molar-refractivity contribution in [3.05, 3.63) is 11.9 Å². The lowest BCUT2D eigenvalue weighted by Gasteiger charge is -2.67. The average Bonchev–Trinajstić information content (AvgIpc) is 1.92. The number of nitrogens with two attached hydrogens (primary N) is 2. The summed E-state index contributed by atoms with van der Waals surface area (Å²) in [6.07, 6.45) is 4.80. The predicted molar refractivity (Wildman–Crippen MR) is 53.2 cm³/mol. The lowest BCUT2D eigenvalue weighted by molar-refractivity contribution is -0.171.